The number of aryl methyl sites for hydroxylation is 4. The standard InChI is InChI=1S/C10H14.C9H9Cl/c1-7-5-9(3)10(4)6-8(7)2;10-8-4-7-9-5-2-1-3-6-9/h5-6H,1-4H3;1-7H,8H2. The smallest absolute Gasteiger partial charge is 0.0407 e. The third-order valence-electron chi connectivity index (χ3n) is 3.31. The first-order valence-electron chi connectivity index (χ1n) is 6.86. The Morgan fingerprint density at radius 1 is 0.800 bits per heavy atom. The lowest BCUT2D eigenvalue weighted by Gasteiger charge is -2.04. The summed E-state index contributed by atoms with van der Waals surface area (Å²) in [5.74, 6) is 0.578. The van der Waals surface area contributed by atoms with Crippen molar-refractivity contribution in [1.29, 1.82) is 0 Å². The van der Waals surface area contributed by atoms with Gasteiger partial charge in [0.2, 0.25) is 0 Å². The van der Waals surface area contributed by atoms with E-state index in [1.54, 1.807) is 0 Å². The van der Waals surface area contributed by atoms with Crippen molar-refractivity contribution in [2.45, 2.75) is 27.7 Å². The maximum absolute atomic E-state index is 5.46. The Morgan fingerprint density at radius 2 is 1.25 bits per heavy atom. The number of benzene rings is 2. The van der Waals surface area contributed by atoms with Gasteiger partial charge in [-0.1, -0.05) is 54.6 Å². The molecule has 2 rings (SSSR count). The van der Waals surface area contributed by atoms with Crippen molar-refractivity contribution in [2.24, 2.45) is 0 Å². The van der Waals surface area contributed by atoms with E-state index in [0.717, 1.165) is 0 Å². The minimum atomic E-state index is 0.578. The van der Waals surface area contributed by atoms with Crippen molar-refractivity contribution in [3.8, 4) is 0 Å². The van der Waals surface area contributed by atoms with E-state index in [4.69, 9.17) is 11.6 Å². The topological polar surface area (TPSA) is 0 Å². The minimum absolute atomic E-state index is 0.578. The summed E-state index contributed by atoms with van der Waals surface area (Å²) in [4.78, 5) is 0. The van der Waals surface area contributed by atoms with Gasteiger partial charge in [0.25, 0.3) is 0 Å². The number of allylic oxidation sites excluding steroid dienone is 1. The van der Waals surface area contributed by atoms with Crippen molar-refractivity contribution in [1.82, 2.24) is 0 Å². The van der Waals surface area contributed by atoms with Gasteiger partial charge < -0.3 is 0 Å². The molecule has 0 aliphatic rings. The zero-order valence-corrected chi connectivity index (χ0v) is 13.5. The van der Waals surface area contributed by atoms with Crippen LogP contribution in [0, 0.1) is 27.7 Å². The van der Waals surface area contributed by atoms with Crippen LogP contribution in [0.25, 0.3) is 6.08 Å². The summed E-state index contributed by atoms with van der Waals surface area (Å²) in [6.45, 7) is 8.62. The van der Waals surface area contributed by atoms with Crippen LogP contribution in [0.3, 0.4) is 0 Å². The predicted octanol–water partition coefficient (Wildman–Crippen LogP) is 5.86. The van der Waals surface area contributed by atoms with Gasteiger partial charge in [0, 0.05) is 5.88 Å². The van der Waals surface area contributed by atoms with Crippen LogP contribution >= 0.6 is 11.6 Å². The fourth-order valence-corrected chi connectivity index (χ4v) is 1.94. The van der Waals surface area contributed by atoms with Gasteiger partial charge in [-0.05, 0) is 55.5 Å². The highest BCUT2D eigenvalue weighted by molar-refractivity contribution is 6.19. The molecule has 20 heavy (non-hydrogen) atoms. The first kappa shape index (κ1) is 16.5. The second-order valence-electron chi connectivity index (χ2n) is 4.99. The molecule has 0 aliphatic heterocycles. The SMILES string of the molecule is Cc1cc(C)c(C)cc1C.ClCC=Cc1ccccc1. The third-order valence-corrected chi connectivity index (χ3v) is 3.49. The molecule has 106 valence electrons. The first-order chi connectivity index (χ1) is 9.54. The van der Waals surface area contributed by atoms with E-state index in [1.807, 2.05) is 42.5 Å². The van der Waals surface area contributed by atoms with Crippen LogP contribution in [0.2, 0.25) is 0 Å². The zero-order valence-electron chi connectivity index (χ0n) is 12.8. The molecule has 2 aromatic rings. The Balaban J connectivity index is 0.000000200. The molecular formula is C19H23Cl. The van der Waals surface area contributed by atoms with Crippen LogP contribution < -0.4 is 0 Å². The Bertz CT molecular complexity index is 503. The van der Waals surface area contributed by atoms with Gasteiger partial charge in [0.1, 0.15) is 0 Å². The fourth-order valence-electron chi connectivity index (χ4n) is 1.85. The zero-order chi connectivity index (χ0) is 15.0. The molecule has 0 fully saturated rings. The third kappa shape index (κ3) is 5.63. The van der Waals surface area contributed by atoms with Crippen LogP contribution in [0.15, 0.2) is 48.5 Å². The number of alkyl halides is 1. The number of hydrogen-bond acceptors (Lipinski definition) is 0. The maximum atomic E-state index is 5.46. The number of rotatable bonds is 2. The van der Waals surface area contributed by atoms with E-state index in [1.165, 1.54) is 27.8 Å². The largest absolute Gasteiger partial charge is 0.122 e. The molecule has 0 spiro atoms. The minimum Gasteiger partial charge on any atom is -0.122 e. The second-order valence-corrected chi connectivity index (χ2v) is 5.30. The molecule has 0 N–H and O–H groups in total. The highest BCUT2D eigenvalue weighted by atomic mass is 35.5. The Labute approximate surface area is 128 Å². The highest BCUT2D eigenvalue weighted by Gasteiger charge is 1.95. The Hall–Kier alpha value is -1.53. The van der Waals surface area contributed by atoms with Crippen LogP contribution in [-0.4, -0.2) is 5.88 Å². The lowest BCUT2D eigenvalue weighted by atomic mass is 10.0. The molecule has 0 saturated carbocycles. The summed E-state index contributed by atoms with van der Waals surface area (Å²) in [6, 6.07) is 14.6. The normalized spacial score (nSPS) is 10.2. The van der Waals surface area contributed by atoms with Gasteiger partial charge in [-0.2, -0.15) is 0 Å². The van der Waals surface area contributed by atoms with Gasteiger partial charge in [-0.25, -0.2) is 0 Å². The van der Waals surface area contributed by atoms with Crippen LogP contribution in [-0.2, 0) is 0 Å². The molecule has 0 saturated heterocycles. The molecular weight excluding hydrogens is 264 g/mol. The van der Waals surface area contributed by atoms with Gasteiger partial charge >= 0.3 is 0 Å². The van der Waals surface area contributed by atoms with Gasteiger partial charge in [-0.3, -0.25) is 0 Å². The lowest BCUT2D eigenvalue weighted by Crippen LogP contribution is -1.86. The summed E-state index contributed by atoms with van der Waals surface area (Å²) in [6.07, 6.45) is 3.93. The van der Waals surface area contributed by atoms with Crippen LogP contribution in [0.4, 0.5) is 0 Å². The van der Waals surface area contributed by atoms with Crippen LogP contribution in [0.1, 0.15) is 27.8 Å². The number of halogens is 1. The van der Waals surface area contributed by atoms with Crippen LogP contribution in [0.5, 0.6) is 0 Å². The molecule has 0 atom stereocenters. The summed E-state index contributed by atoms with van der Waals surface area (Å²) in [7, 11) is 0. The Morgan fingerprint density at radius 3 is 1.65 bits per heavy atom. The van der Waals surface area contributed by atoms with Crippen molar-refractivity contribution < 1.29 is 0 Å². The summed E-state index contributed by atoms with van der Waals surface area (Å²) >= 11 is 5.46. The quantitative estimate of drug-likeness (QED) is 0.607. The highest BCUT2D eigenvalue weighted by Crippen LogP contribution is 2.13. The fraction of sp³-hybridized carbons (Fsp3) is 0.263. The predicted molar refractivity (Wildman–Crippen MR) is 91.6 cm³/mol. The average molecular weight is 287 g/mol. The van der Waals surface area contributed by atoms with E-state index in [2.05, 4.69) is 39.8 Å². The molecule has 0 radical (unpaired) electrons. The molecule has 0 amide bonds. The van der Waals surface area contributed by atoms with Crippen molar-refractivity contribution in [3.63, 3.8) is 0 Å². The molecule has 0 aromatic heterocycles. The maximum Gasteiger partial charge on any atom is 0.0407 e. The first-order valence-corrected chi connectivity index (χ1v) is 7.40. The molecule has 0 unspecified atom stereocenters. The van der Waals surface area contributed by atoms with Gasteiger partial charge in [0.05, 0.1) is 0 Å². The van der Waals surface area contributed by atoms with Crippen molar-refractivity contribution in [3.05, 3.63) is 76.4 Å². The molecule has 0 aliphatic carbocycles. The van der Waals surface area contributed by atoms with E-state index in [0.29, 0.717) is 5.88 Å². The van der Waals surface area contributed by atoms with E-state index < -0.39 is 0 Å². The molecule has 2 aromatic carbocycles. The monoisotopic (exact) mass is 286 g/mol. The van der Waals surface area contributed by atoms with Gasteiger partial charge in [-0.15, -0.1) is 11.6 Å². The lowest BCUT2D eigenvalue weighted by molar-refractivity contribution is 1.24. The van der Waals surface area contributed by atoms with E-state index >= 15 is 0 Å². The average Bonchev–Trinajstić information content (AvgIpc) is 2.45. The van der Waals surface area contributed by atoms with E-state index in [-0.39, 0.29) is 0 Å². The van der Waals surface area contributed by atoms with Gasteiger partial charge in [0.15, 0.2) is 0 Å². The molecule has 0 bridgehead atoms. The summed E-state index contributed by atoms with van der Waals surface area (Å²) in [5, 5.41) is 0. The summed E-state index contributed by atoms with van der Waals surface area (Å²) < 4.78 is 0. The Kier molecular flexibility index (Phi) is 7.11. The van der Waals surface area contributed by atoms with Crippen molar-refractivity contribution in [2.75, 3.05) is 5.88 Å². The molecule has 1 heteroatoms. The molecule has 0 nitrogen and oxygen atoms in total. The van der Waals surface area contributed by atoms with Crippen molar-refractivity contribution >= 4 is 17.7 Å². The number of hydrogen-bond donors (Lipinski definition) is 0. The summed E-state index contributed by atoms with van der Waals surface area (Å²) in [5.41, 5.74) is 6.76. The van der Waals surface area contributed by atoms with E-state index in [9.17, 15) is 0 Å². The second kappa shape index (κ2) is 8.60. The molecule has 0 heterocycles.